The smallest absolute Gasteiger partial charge is 0.132 e. The van der Waals surface area contributed by atoms with Crippen LogP contribution in [0.3, 0.4) is 0 Å². The second-order valence-electron chi connectivity index (χ2n) is 3.19. The van der Waals surface area contributed by atoms with Crippen LogP contribution in [0.5, 0.6) is 0 Å². The average molecular weight is 305 g/mol. The molecule has 0 spiro atoms. The quantitative estimate of drug-likeness (QED) is 0.896. The van der Waals surface area contributed by atoms with Gasteiger partial charge in [-0.3, -0.25) is 5.10 Å². The minimum atomic E-state index is -0.375. The normalized spacial score (nSPS) is 10.8. The Morgan fingerprint density at radius 3 is 2.88 bits per heavy atom. The standard InChI is InChI=1S/C10H8BrClFN3/c11-9-8(4-14)15-16-10(9)6-3-5(12)1-2-7(6)13/h1-3H,4,14H2,(H,15,16). The van der Waals surface area contributed by atoms with E-state index in [0.717, 1.165) is 5.69 Å². The molecule has 2 aromatic rings. The van der Waals surface area contributed by atoms with Gasteiger partial charge in [-0.2, -0.15) is 5.10 Å². The van der Waals surface area contributed by atoms with E-state index in [0.29, 0.717) is 27.3 Å². The fraction of sp³-hybridized carbons (Fsp3) is 0.100. The summed E-state index contributed by atoms with van der Waals surface area (Å²) in [6, 6.07) is 4.32. The molecule has 0 bridgehead atoms. The van der Waals surface area contributed by atoms with Crippen molar-refractivity contribution in [1.29, 1.82) is 0 Å². The molecule has 1 heterocycles. The van der Waals surface area contributed by atoms with E-state index in [1.165, 1.54) is 18.2 Å². The molecule has 84 valence electrons. The Hall–Kier alpha value is -0.910. The molecule has 6 heteroatoms. The number of H-pyrrole nitrogens is 1. The number of halogens is 3. The minimum absolute atomic E-state index is 0.301. The Bertz CT molecular complexity index is 527. The van der Waals surface area contributed by atoms with Crippen molar-refractivity contribution >= 4 is 27.5 Å². The third-order valence-corrected chi connectivity index (χ3v) is 3.25. The van der Waals surface area contributed by atoms with Gasteiger partial charge in [0.15, 0.2) is 0 Å². The van der Waals surface area contributed by atoms with Gasteiger partial charge >= 0.3 is 0 Å². The molecule has 0 radical (unpaired) electrons. The SMILES string of the molecule is NCc1[nH]nc(-c2cc(Cl)ccc2F)c1Br. The van der Waals surface area contributed by atoms with Gasteiger partial charge in [-0.15, -0.1) is 0 Å². The van der Waals surface area contributed by atoms with Crippen LogP contribution in [-0.2, 0) is 6.54 Å². The van der Waals surface area contributed by atoms with Gasteiger partial charge < -0.3 is 5.73 Å². The number of hydrogen-bond donors (Lipinski definition) is 2. The van der Waals surface area contributed by atoms with Gasteiger partial charge in [0.25, 0.3) is 0 Å². The van der Waals surface area contributed by atoms with Crippen molar-refractivity contribution in [1.82, 2.24) is 10.2 Å². The number of aromatic nitrogens is 2. The van der Waals surface area contributed by atoms with E-state index in [1.54, 1.807) is 0 Å². The molecule has 1 aromatic carbocycles. The Labute approximate surface area is 105 Å². The van der Waals surface area contributed by atoms with Crippen molar-refractivity contribution < 1.29 is 4.39 Å². The molecule has 0 aliphatic rings. The predicted molar refractivity (Wildman–Crippen MR) is 64.6 cm³/mol. The summed E-state index contributed by atoms with van der Waals surface area (Å²) in [6.45, 7) is 0.301. The van der Waals surface area contributed by atoms with Crippen LogP contribution in [0.15, 0.2) is 22.7 Å². The van der Waals surface area contributed by atoms with E-state index in [1.807, 2.05) is 0 Å². The van der Waals surface area contributed by atoms with Gasteiger partial charge in [0.05, 0.1) is 10.2 Å². The number of nitrogens with one attached hydrogen (secondary N) is 1. The number of hydrogen-bond acceptors (Lipinski definition) is 2. The molecule has 2 rings (SSSR count). The Kier molecular flexibility index (Phi) is 3.28. The molecule has 0 aliphatic heterocycles. The van der Waals surface area contributed by atoms with Gasteiger partial charge in [-0.05, 0) is 34.1 Å². The van der Waals surface area contributed by atoms with Crippen molar-refractivity contribution in [2.75, 3.05) is 0 Å². The van der Waals surface area contributed by atoms with Crippen LogP contribution in [0, 0.1) is 5.82 Å². The van der Waals surface area contributed by atoms with E-state index in [-0.39, 0.29) is 5.82 Å². The van der Waals surface area contributed by atoms with Crippen LogP contribution < -0.4 is 5.73 Å². The fourth-order valence-electron chi connectivity index (χ4n) is 1.36. The maximum atomic E-state index is 13.6. The topological polar surface area (TPSA) is 54.7 Å². The van der Waals surface area contributed by atoms with Crippen LogP contribution in [-0.4, -0.2) is 10.2 Å². The lowest BCUT2D eigenvalue weighted by Gasteiger charge is -2.01. The van der Waals surface area contributed by atoms with E-state index < -0.39 is 0 Å². The third kappa shape index (κ3) is 1.98. The van der Waals surface area contributed by atoms with Crippen LogP contribution >= 0.6 is 27.5 Å². The lowest BCUT2D eigenvalue weighted by atomic mass is 10.1. The molecular formula is C10H8BrClFN3. The second-order valence-corrected chi connectivity index (χ2v) is 4.42. The first-order valence-electron chi connectivity index (χ1n) is 4.51. The van der Waals surface area contributed by atoms with Gasteiger partial charge in [0.2, 0.25) is 0 Å². The maximum absolute atomic E-state index is 13.6. The molecule has 0 atom stereocenters. The fourth-order valence-corrected chi connectivity index (χ4v) is 2.08. The number of benzene rings is 1. The molecule has 16 heavy (non-hydrogen) atoms. The lowest BCUT2D eigenvalue weighted by Crippen LogP contribution is -1.96. The highest BCUT2D eigenvalue weighted by Crippen LogP contribution is 2.31. The van der Waals surface area contributed by atoms with E-state index >= 15 is 0 Å². The molecule has 3 nitrogen and oxygen atoms in total. The number of nitrogens with zero attached hydrogens (tertiary/aromatic N) is 1. The summed E-state index contributed by atoms with van der Waals surface area (Å²) >= 11 is 9.14. The van der Waals surface area contributed by atoms with Crippen LogP contribution in [0.2, 0.25) is 5.02 Å². The van der Waals surface area contributed by atoms with Crippen molar-refractivity contribution in [2.45, 2.75) is 6.54 Å². The molecule has 0 aliphatic carbocycles. The number of nitrogens with two attached hydrogens (primary N) is 1. The van der Waals surface area contributed by atoms with Crippen LogP contribution in [0.25, 0.3) is 11.3 Å². The Morgan fingerprint density at radius 1 is 1.50 bits per heavy atom. The minimum Gasteiger partial charge on any atom is -0.325 e. The van der Waals surface area contributed by atoms with Gasteiger partial charge in [0.1, 0.15) is 11.5 Å². The van der Waals surface area contributed by atoms with E-state index in [9.17, 15) is 4.39 Å². The number of rotatable bonds is 2. The van der Waals surface area contributed by atoms with Crippen molar-refractivity contribution in [2.24, 2.45) is 5.73 Å². The molecule has 3 N–H and O–H groups in total. The first kappa shape index (κ1) is 11.6. The van der Waals surface area contributed by atoms with Gasteiger partial charge in [-0.1, -0.05) is 11.6 Å². The van der Waals surface area contributed by atoms with Crippen molar-refractivity contribution in [3.05, 3.63) is 39.2 Å². The van der Waals surface area contributed by atoms with Crippen LogP contribution in [0.1, 0.15) is 5.69 Å². The summed E-state index contributed by atoms with van der Waals surface area (Å²) in [6.07, 6.45) is 0. The van der Waals surface area contributed by atoms with E-state index in [2.05, 4.69) is 26.1 Å². The molecule has 0 saturated heterocycles. The second kappa shape index (κ2) is 4.53. The molecule has 0 unspecified atom stereocenters. The summed E-state index contributed by atoms with van der Waals surface area (Å²) in [5.74, 6) is -0.375. The molecule has 0 amide bonds. The molecule has 0 saturated carbocycles. The van der Waals surface area contributed by atoms with Crippen molar-refractivity contribution in [3.63, 3.8) is 0 Å². The first-order chi connectivity index (χ1) is 7.63. The van der Waals surface area contributed by atoms with Gasteiger partial charge in [-0.25, -0.2) is 4.39 Å². The summed E-state index contributed by atoms with van der Waals surface area (Å²) in [7, 11) is 0. The zero-order chi connectivity index (χ0) is 11.7. The molecular weight excluding hydrogens is 296 g/mol. The summed E-state index contributed by atoms with van der Waals surface area (Å²) in [4.78, 5) is 0. The summed E-state index contributed by atoms with van der Waals surface area (Å²) < 4.78 is 14.2. The van der Waals surface area contributed by atoms with Crippen LogP contribution in [0.4, 0.5) is 4.39 Å². The average Bonchev–Trinajstić information content (AvgIpc) is 2.63. The highest BCUT2D eigenvalue weighted by Gasteiger charge is 2.15. The highest BCUT2D eigenvalue weighted by molar-refractivity contribution is 9.10. The highest BCUT2D eigenvalue weighted by atomic mass is 79.9. The summed E-state index contributed by atoms with van der Waals surface area (Å²) in [5.41, 5.74) is 7.02. The van der Waals surface area contributed by atoms with Gasteiger partial charge in [0, 0.05) is 17.1 Å². The maximum Gasteiger partial charge on any atom is 0.132 e. The number of aromatic amines is 1. The molecule has 0 fully saturated rings. The largest absolute Gasteiger partial charge is 0.325 e. The monoisotopic (exact) mass is 303 g/mol. The molecule has 1 aromatic heterocycles. The lowest BCUT2D eigenvalue weighted by molar-refractivity contribution is 0.630. The zero-order valence-electron chi connectivity index (χ0n) is 8.10. The zero-order valence-corrected chi connectivity index (χ0v) is 10.4. The predicted octanol–water partition coefficient (Wildman–Crippen LogP) is 3.09. The van der Waals surface area contributed by atoms with E-state index in [4.69, 9.17) is 17.3 Å². The first-order valence-corrected chi connectivity index (χ1v) is 5.68. The third-order valence-electron chi connectivity index (χ3n) is 2.16. The Morgan fingerprint density at radius 2 is 2.25 bits per heavy atom. The van der Waals surface area contributed by atoms with Crippen molar-refractivity contribution in [3.8, 4) is 11.3 Å². The Balaban J connectivity index is 2.58. The summed E-state index contributed by atoms with van der Waals surface area (Å²) in [5, 5.41) is 7.20.